The van der Waals surface area contributed by atoms with E-state index in [1.54, 1.807) is 0 Å². The van der Waals surface area contributed by atoms with Gasteiger partial charge < -0.3 is 4.42 Å². The van der Waals surface area contributed by atoms with Crippen molar-refractivity contribution in [1.29, 1.82) is 0 Å². The molecule has 0 atom stereocenters. The number of benzene rings is 9. The molecule has 0 aliphatic rings. The normalized spacial score (nSPS) is 11.4. The highest BCUT2D eigenvalue weighted by atomic mass is 16.3. The summed E-state index contributed by atoms with van der Waals surface area (Å²) in [5.74, 6) is 0.672. The van der Waals surface area contributed by atoms with Crippen LogP contribution in [-0.4, -0.2) is 9.97 Å². The fourth-order valence-corrected chi connectivity index (χ4v) is 8.50. The predicted octanol–water partition coefficient (Wildman–Crippen LogP) is 15.2. The minimum Gasteiger partial charge on any atom is -0.456 e. The van der Waals surface area contributed by atoms with E-state index in [0.29, 0.717) is 5.82 Å². The maximum atomic E-state index is 6.39. The van der Waals surface area contributed by atoms with E-state index in [1.165, 1.54) is 38.6 Å². The third kappa shape index (κ3) is 6.26. The van der Waals surface area contributed by atoms with Crippen molar-refractivity contribution in [3.8, 4) is 78.4 Å². The topological polar surface area (TPSA) is 38.9 Å². The Morgan fingerprint density at radius 2 is 0.780 bits per heavy atom. The number of fused-ring (bicyclic) bond motifs is 5. The molecule has 3 nitrogen and oxygen atoms in total. The van der Waals surface area contributed by atoms with Gasteiger partial charge in [0.25, 0.3) is 0 Å². The van der Waals surface area contributed by atoms with Crippen LogP contribution in [0.5, 0.6) is 0 Å². The van der Waals surface area contributed by atoms with Gasteiger partial charge in [0.15, 0.2) is 5.82 Å². The first-order valence-corrected chi connectivity index (χ1v) is 20.0. The van der Waals surface area contributed by atoms with Gasteiger partial charge in [0, 0.05) is 27.5 Å². The van der Waals surface area contributed by atoms with Gasteiger partial charge in [0.05, 0.1) is 11.4 Å². The van der Waals surface area contributed by atoms with E-state index in [4.69, 9.17) is 14.4 Å². The first-order chi connectivity index (χ1) is 29.2. The molecule has 2 heterocycles. The molecule has 0 unspecified atom stereocenters. The molecule has 0 radical (unpaired) electrons. The van der Waals surface area contributed by atoms with Crippen LogP contribution in [0.2, 0.25) is 0 Å². The van der Waals surface area contributed by atoms with Gasteiger partial charge in [-0.2, -0.15) is 0 Å². The van der Waals surface area contributed by atoms with Crippen LogP contribution in [0.4, 0.5) is 0 Å². The van der Waals surface area contributed by atoms with Crippen LogP contribution in [0.15, 0.2) is 223 Å². The van der Waals surface area contributed by atoms with Crippen LogP contribution in [-0.2, 0) is 0 Å². The standard InChI is InChI=1S/C56H36N2O/c1-4-16-37(17-5-1)43-23-12-14-26-46(43)48-31-28-41(34-49(48)47-27-15-13-24-44(47)38-18-6-2-7-19-38)51-36-52(58-56(57-51)40-21-8-3-9-22-40)42-30-32-53-50(35-42)55-45-25-11-10-20-39(45)29-33-54(55)59-53/h1-36H. The molecule has 0 fully saturated rings. The van der Waals surface area contributed by atoms with Crippen molar-refractivity contribution in [1.82, 2.24) is 9.97 Å². The second kappa shape index (κ2) is 14.6. The zero-order valence-electron chi connectivity index (χ0n) is 32.1. The molecule has 9 aromatic carbocycles. The van der Waals surface area contributed by atoms with Crippen molar-refractivity contribution < 1.29 is 4.42 Å². The Bertz CT molecular complexity index is 3310. The summed E-state index contributed by atoms with van der Waals surface area (Å²) in [6.07, 6.45) is 0. The van der Waals surface area contributed by atoms with Crippen LogP contribution in [0.3, 0.4) is 0 Å². The summed E-state index contributed by atoms with van der Waals surface area (Å²) in [7, 11) is 0. The largest absolute Gasteiger partial charge is 0.456 e. The van der Waals surface area contributed by atoms with Crippen LogP contribution in [0, 0.1) is 0 Å². The zero-order valence-corrected chi connectivity index (χ0v) is 32.1. The molecule has 59 heavy (non-hydrogen) atoms. The highest BCUT2D eigenvalue weighted by Crippen LogP contribution is 2.44. The number of rotatable bonds is 7. The molecule has 2 aromatic heterocycles. The monoisotopic (exact) mass is 752 g/mol. The quantitative estimate of drug-likeness (QED) is 0.163. The summed E-state index contributed by atoms with van der Waals surface area (Å²) in [5.41, 5.74) is 15.7. The summed E-state index contributed by atoms with van der Waals surface area (Å²) >= 11 is 0. The highest BCUT2D eigenvalue weighted by molar-refractivity contribution is 6.19. The van der Waals surface area contributed by atoms with Crippen LogP contribution < -0.4 is 0 Å². The smallest absolute Gasteiger partial charge is 0.160 e. The molecule has 0 N–H and O–H groups in total. The Kier molecular flexibility index (Phi) is 8.49. The lowest BCUT2D eigenvalue weighted by Crippen LogP contribution is -1.97. The molecule has 0 aliphatic heterocycles. The molecule has 11 rings (SSSR count). The Morgan fingerprint density at radius 3 is 1.44 bits per heavy atom. The Morgan fingerprint density at radius 1 is 0.288 bits per heavy atom. The molecular formula is C56H36N2O. The zero-order chi connectivity index (χ0) is 39.1. The molecule has 0 spiro atoms. The van der Waals surface area contributed by atoms with E-state index in [1.807, 2.05) is 18.2 Å². The molecule has 0 aliphatic carbocycles. The van der Waals surface area contributed by atoms with Crippen molar-refractivity contribution in [2.75, 3.05) is 0 Å². The summed E-state index contributed by atoms with van der Waals surface area (Å²) < 4.78 is 6.39. The molecular weight excluding hydrogens is 717 g/mol. The third-order valence-electron chi connectivity index (χ3n) is 11.3. The number of hydrogen-bond donors (Lipinski definition) is 0. The van der Waals surface area contributed by atoms with Gasteiger partial charge in [0.1, 0.15) is 11.2 Å². The van der Waals surface area contributed by atoms with E-state index in [-0.39, 0.29) is 0 Å². The Labute approximate surface area is 342 Å². The first kappa shape index (κ1) is 34.4. The van der Waals surface area contributed by atoms with Gasteiger partial charge in [-0.15, -0.1) is 0 Å². The SMILES string of the molecule is c1ccc(-c2nc(-c3ccc(-c4ccccc4-c4ccccc4)c(-c4ccccc4-c4ccccc4)c3)cc(-c3ccc4oc5ccc6ccccc6c5c4c3)n2)cc1. The second-order valence-corrected chi connectivity index (χ2v) is 14.9. The van der Waals surface area contributed by atoms with Gasteiger partial charge in [-0.05, 0) is 91.7 Å². The highest BCUT2D eigenvalue weighted by Gasteiger charge is 2.19. The van der Waals surface area contributed by atoms with Gasteiger partial charge in [-0.25, -0.2) is 9.97 Å². The summed E-state index contributed by atoms with van der Waals surface area (Å²) in [6, 6.07) is 77.0. The lowest BCUT2D eigenvalue weighted by Gasteiger charge is -2.19. The van der Waals surface area contributed by atoms with Gasteiger partial charge in [-0.1, -0.05) is 182 Å². The van der Waals surface area contributed by atoms with E-state index in [0.717, 1.165) is 66.7 Å². The molecule has 11 aromatic rings. The van der Waals surface area contributed by atoms with Gasteiger partial charge >= 0.3 is 0 Å². The van der Waals surface area contributed by atoms with Crippen molar-refractivity contribution in [2.24, 2.45) is 0 Å². The average Bonchev–Trinajstić information content (AvgIpc) is 3.71. The fourth-order valence-electron chi connectivity index (χ4n) is 8.50. The van der Waals surface area contributed by atoms with E-state index < -0.39 is 0 Å². The molecule has 0 saturated heterocycles. The predicted molar refractivity (Wildman–Crippen MR) is 245 cm³/mol. The van der Waals surface area contributed by atoms with E-state index in [9.17, 15) is 0 Å². The summed E-state index contributed by atoms with van der Waals surface area (Å²) in [4.78, 5) is 10.5. The maximum Gasteiger partial charge on any atom is 0.160 e. The van der Waals surface area contributed by atoms with E-state index in [2.05, 4.69) is 200 Å². The van der Waals surface area contributed by atoms with Gasteiger partial charge in [-0.3, -0.25) is 0 Å². The lowest BCUT2D eigenvalue weighted by atomic mass is 9.85. The second-order valence-electron chi connectivity index (χ2n) is 14.9. The molecule has 276 valence electrons. The van der Waals surface area contributed by atoms with Crippen molar-refractivity contribution in [3.05, 3.63) is 218 Å². The van der Waals surface area contributed by atoms with Crippen LogP contribution in [0.25, 0.3) is 111 Å². The van der Waals surface area contributed by atoms with Gasteiger partial charge in [0.2, 0.25) is 0 Å². The summed E-state index contributed by atoms with van der Waals surface area (Å²) in [6.45, 7) is 0. The van der Waals surface area contributed by atoms with Crippen LogP contribution >= 0.6 is 0 Å². The Balaban J connectivity index is 1.14. The first-order valence-electron chi connectivity index (χ1n) is 20.0. The van der Waals surface area contributed by atoms with Crippen molar-refractivity contribution in [3.63, 3.8) is 0 Å². The molecule has 0 amide bonds. The maximum absolute atomic E-state index is 6.39. The molecule has 3 heteroatoms. The minimum absolute atomic E-state index is 0.672. The van der Waals surface area contributed by atoms with Crippen LogP contribution in [0.1, 0.15) is 0 Å². The Hall–Kier alpha value is -7.88. The number of furan rings is 1. The molecule has 0 bridgehead atoms. The van der Waals surface area contributed by atoms with Crippen molar-refractivity contribution >= 4 is 32.7 Å². The minimum atomic E-state index is 0.672. The summed E-state index contributed by atoms with van der Waals surface area (Å²) in [5, 5.41) is 4.54. The number of hydrogen-bond acceptors (Lipinski definition) is 3. The number of nitrogens with zero attached hydrogens (tertiary/aromatic N) is 2. The third-order valence-corrected chi connectivity index (χ3v) is 11.3. The van der Waals surface area contributed by atoms with Crippen molar-refractivity contribution in [2.45, 2.75) is 0 Å². The van der Waals surface area contributed by atoms with E-state index >= 15 is 0 Å². The average molecular weight is 753 g/mol. The number of aromatic nitrogens is 2. The fraction of sp³-hybridized carbons (Fsp3) is 0. The lowest BCUT2D eigenvalue weighted by molar-refractivity contribution is 0.669. The molecule has 0 saturated carbocycles.